The molecule has 1 aromatic rings. The molecule has 0 spiro atoms. The summed E-state index contributed by atoms with van der Waals surface area (Å²) in [7, 11) is 0. The van der Waals surface area contributed by atoms with E-state index in [1.54, 1.807) is 24.3 Å². The molecule has 1 rings (SSSR count). The topological polar surface area (TPSA) is 75.3 Å². The molecule has 0 aliphatic rings. The molecule has 0 aliphatic carbocycles. The van der Waals surface area contributed by atoms with Crippen molar-refractivity contribution in [3.05, 3.63) is 24.3 Å². The Morgan fingerprint density at radius 2 is 2.00 bits per heavy atom. The molecule has 0 heterocycles. The second kappa shape index (κ2) is 4.96. The van der Waals surface area contributed by atoms with Crippen LogP contribution in [0.15, 0.2) is 29.2 Å². The zero-order valence-corrected chi connectivity index (χ0v) is 7.88. The van der Waals surface area contributed by atoms with Crippen LogP contribution in [0.3, 0.4) is 0 Å². The van der Waals surface area contributed by atoms with Crippen molar-refractivity contribution in [3.63, 3.8) is 0 Å². The van der Waals surface area contributed by atoms with Crippen LogP contribution in [0.25, 0.3) is 0 Å². The van der Waals surface area contributed by atoms with Gasteiger partial charge in [0, 0.05) is 18.8 Å². The lowest BCUT2D eigenvalue weighted by Gasteiger charge is -2.03. The van der Waals surface area contributed by atoms with E-state index in [-0.39, 0.29) is 0 Å². The first-order valence-corrected chi connectivity index (χ1v) is 4.99. The first kappa shape index (κ1) is 10.2. The van der Waals surface area contributed by atoms with Crippen molar-refractivity contribution < 1.29 is 8.76 Å². The molecule has 0 radical (unpaired) electrons. The predicted molar refractivity (Wildman–Crippen MR) is 53.0 cm³/mol. The average molecular weight is 200 g/mol. The third-order valence-electron chi connectivity index (χ3n) is 1.53. The zero-order chi connectivity index (χ0) is 9.68. The predicted octanol–water partition coefficient (Wildman–Crippen LogP) is 0.638. The van der Waals surface area contributed by atoms with Gasteiger partial charge in [-0.1, -0.05) is 0 Å². The minimum absolute atomic E-state index is 0.401. The van der Waals surface area contributed by atoms with Gasteiger partial charge in [-0.15, -0.1) is 0 Å². The van der Waals surface area contributed by atoms with Gasteiger partial charge in [0.2, 0.25) is 0 Å². The van der Waals surface area contributed by atoms with E-state index in [2.05, 4.69) is 5.32 Å². The van der Waals surface area contributed by atoms with Crippen LogP contribution in [-0.2, 0) is 11.1 Å². The van der Waals surface area contributed by atoms with E-state index in [4.69, 9.17) is 10.3 Å². The fourth-order valence-electron chi connectivity index (χ4n) is 0.906. The lowest BCUT2D eigenvalue weighted by Crippen LogP contribution is -2.12. The van der Waals surface area contributed by atoms with Crippen molar-refractivity contribution in [2.75, 3.05) is 18.4 Å². The van der Waals surface area contributed by atoms with Crippen LogP contribution in [-0.4, -0.2) is 21.9 Å². The van der Waals surface area contributed by atoms with Crippen LogP contribution in [0.1, 0.15) is 0 Å². The molecule has 0 amide bonds. The maximum absolute atomic E-state index is 10.6. The number of benzene rings is 1. The Bertz CT molecular complexity index is 287. The van der Waals surface area contributed by atoms with Gasteiger partial charge >= 0.3 is 0 Å². The summed E-state index contributed by atoms with van der Waals surface area (Å²) in [5.74, 6) is 0. The summed E-state index contributed by atoms with van der Waals surface area (Å²) in [6, 6.07) is 6.71. The van der Waals surface area contributed by atoms with Gasteiger partial charge in [0.15, 0.2) is 11.1 Å². The summed E-state index contributed by atoms with van der Waals surface area (Å²) < 4.78 is 19.3. The lowest BCUT2D eigenvalue weighted by atomic mass is 10.3. The first-order valence-electron chi connectivity index (χ1n) is 3.89. The van der Waals surface area contributed by atoms with Gasteiger partial charge < -0.3 is 15.6 Å². The Kier molecular flexibility index (Phi) is 3.88. The Morgan fingerprint density at radius 1 is 1.38 bits per heavy atom. The molecule has 5 heteroatoms. The van der Waals surface area contributed by atoms with E-state index < -0.39 is 11.1 Å². The minimum Gasteiger partial charge on any atom is -0.384 e. The molecule has 0 aromatic heterocycles. The van der Waals surface area contributed by atoms with Crippen LogP contribution in [0.4, 0.5) is 5.69 Å². The Morgan fingerprint density at radius 3 is 2.46 bits per heavy atom. The fraction of sp³-hybridized carbons (Fsp3) is 0.250. The molecule has 72 valence electrons. The van der Waals surface area contributed by atoms with E-state index in [0.29, 0.717) is 18.0 Å². The van der Waals surface area contributed by atoms with Gasteiger partial charge in [-0.2, -0.15) is 0 Å². The normalized spacial score (nSPS) is 12.5. The lowest BCUT2D eigenvalue weighted by molar-refractivity contribution is 0.564. The van der Waals surface area contributed by atoms with Gasteiger partial charge in [0.25, 0.3) is 0 Å². The molecule has 4 N–H and O–H groups in total. The number of hydrogen-bond donors (Lipinski definition) is 3. The van der Waals surface area contributed by atoms with Crippen molar-refractivity contribution >= 4 is 16.8 Å². The van der Waals surface area contributed by atoms with Crippen LogP contribution < -0.4 is 11.1 Å². The molecular weight excluding hydrogens is 188 g/mol. The minimum atomic E-state index is -1.90. The summed E-state index contributed by atoms with van der Waals surface area (Å²) in [6.07, 6.45) is 0. The third kappa shape index (κ3) is 3.14. The Balaban J connectivity index is 2.64. The van der Waals surface area contributed by atoms with E-state index >= 15 is 0 Å². The fourth-order valence-corrected chi connectivity index (χ4v) is 1.27. The van der Waals surface area contributed by atoms with Crippen molar-refractivity contribution in [2.45, 2.75) is 4.90 Å². The zero-order valence-electron chi connectivity index (χ0n) is 7.06. The van der Waals surface area contributed by atoms with E-state index in [1.807, 2.05) is 0 Å². The third-order valence-corrected chi connectivity index (χ3v) is 2.20. The van der Waals surface area contributed by atoms with E-state index in [0.717, 1.165) is 5.69 Å². The SMILES string of the molecule is NCCNc1ccc(S(=O)O)cc1. The van der Waals surface area contributed by atoms with Crippen LogP contribution in [0.5, 0.6) is 0 Å². The van der Waals surface area contributed by atoms with Gasteiger partial charge in [-0.05, 0) is 24.3 Å². The standard InChI is InChI=1S/C8H12N2O2S/c9-5-6-10-7-1-3-8(4-2-7)13(11)12/h1-4,10H,5-6,9H2,(H,11,12). The average Bonchev–Trinajstić information content (AvgIpc) is 2.15. The Hall–Kier alpha value is -0.910. The van der Waals surface area contributed by atoms with Crippen molar-refractivity contribution in [2.24, 2.45) is 5.73 Å². The monoisotopic (exact) mass is 200 g/mol. The molecule has 0 saturated heterocycles. The number of nitrogens with two attached hydrogens (primary N) is 1. The molecule has 1 unspecified atom stereocenters. The highest BCUT2D eigenvalue weighted by Gasteiger charge is 1.98. The highest BCUT2D eigenvalue weighted by atomic mass is 32.2. The maximum Gasteiger partial charge on any atom is 0.186 e. The van der Waals surface area contributed by atoms with Crippen molar-refractivity contribution in [1.82, 2.24) is 0 Å². The Labute approximate surface area is 79.4 Å². The largest absolute Gasteiger partial charge is 0.384 e. The van der Waals surface area contributed by atoms with Gasteiger partial charge in [-0.25, -0.2) is 4.21 Å². The van der Waals surface area contributed by atoms with Crippen LogP contribution in [0.2, 0.25) is 0 Å². The maximum atomic E-state index is 10.6. The van der Waals surface area contributed by atoms with Crippen molar-refractivity contribution in [1.29, 1.82) is 0 Å². The summed E-state index contributed by atoms with van der Waals surface area (Å²) >= 11 is -1.90. The molecule has 0 bridgehead atoms. The van der Waals surface area contributed by atoms with Crippen LogP contribution >= 0.6 is 0 Å². The summed E-state index contributed by atoms with van der Waals surface area (Å²) in [6.45, 7) is 1.26. The van der Waals surface area contributed by atoms with Gasteiger partial charge in [0.1, 0.15) is 0 Å². The van der Waals surface area contributed by atoms with Crippen molar-refractivity contribution in [3.8, 4) is 0 Å². The number of anilines is 1. The highest BCUT2D eigenvalue weighted by molar-refractivity contribution is 7.79. The molecule has 13 heavy (non-hydrogen) atoms. The number of hydrogen-bond acceptors (Lipinski definition) is 3. The summed E-state index contributed by atoms with van der Waals surface area (Å²) in [5.41, 5.74) is 6.21. The quantitative estimate of drug-likeness (QED) is 0.623. The van der Waals surface area contributed by atoms with E-state index in [9.17, 15) is 4.21 Å². The number of rotatable bonds is 4. The molecule has 1 atom stereocenters. The summed E-state index contributed by atoms with van der Waals surface area (Å²) in [4.78, 5) is 0.401. The highest BCUT2D eigenvalue weighted by Crippen LogP contribution is 2.10. The second-order valence-corrected chi connectivity index (χ2v) is 3.46. The van der Waals surface area contributed by atoms with Gasteiger partial charge in [0.05, 0.1) is 4.90 Å². The number of nitrogens with one attached hydrogen (secondary N) is 1. The smallest absolute Gasteiger partial charge is 0.186 e. The van der Waals surface area contributed by atoms with Crippen LogP contribution in [0, 0.1) is 0 Å². The first-order chi connectivity index (χ1) is 6.24. The summed E-state index contributed by atoms with van der Waals surface area (Å²) in [5, 5.41) is 3.05. The second-order valence-electron chi connectivity index (χ2n) is 2.49. The molecule has 0 fully saturated rings. The molecule has 0 aliphatic heterocycles. The van der Waals surface area contributed by atoms with E-state index in [1.165, 1.54) is 0 Å². The molecule has 0 saturated carbocycles. The molecular formula is C8H12N2O2S. The molecule has 1 aromatic carbocycles. The molecule has 4 nitrogen and oxygen atoms in total. The van der Waals surface area contributed by atoms with Gasteiger partial charge in [-0.3, -0.25) is 0 Å².